The van der Waals surface area contributed by atoms with E-state index < -0.39 is 12.1 Å². The van der Waals surface area contributed by atoms with Gasteiger partial charge in [0, 0.05) is 10.9 Å². The van der Waals surface area contributed by atoms with Crippen molar-refractivity contribution in [2.24, 2.45) is 0 Å². The largest absolute Gasteiger partial charge is 0.478 e. The Morgan fingerprint density at radius 3 is 2.55 bits per heavy atom. The lowest BCUT2D eigenvalue weighted by Crippen LogP contribution is -2.29. The van der Waals surface area contributed by atoms with Gasteiger partial charge in [-0.1, -0.05) is 40.2 Å². The van der Waals surface area contributed by atoms with Gasteiger partial charge in [-0.3, -0.25) is 0 Å². The summed E-state index contributed by atoms with van der Waals surface area (Å²) in [6.07, 6.45) is -0.561. The van der Waals surface area contributed by atoms with Gasteiger partial charge < -0.3 is 9.84 Å². The van der Waals surface area contributed by atoms with Crippen LogP contribution in [0.4, 0.5) is 0 Å². The maximum absolute atomic E-state index is 11.3. The van der Waals surface area contributed by atoms with Crippen molar-refractivity contribution in [3.63, 3.8) is 0 Å². The highest BCUT2D eigenvalue weighted by molar-refractivity contribution is 9.10. The molecule has 0 saturated carbocycles. The fourth-order valence-electron chi connectivity index (χ4n) is 1.87. The fourth-order valence-corrected chi connectivity index (χ4v) is 2.13. The van der Waals surface area contributed by atoms with Crippen LogP contribution in [-0.2, 0) is 11.2 Å². The van der Waals surface area contributed by atoms with Crippen molar-refractivity contribution in [1.82, 2.24) is 0 Å². The molecule has 20 heavy (non-hydrogen) atoms. The zero-order valence-electron chi connectivity index (χ0n) is 11.0. The molecule has 2 aromatic carbocycles. The monoisotopic (exact) mass is 334 g/mol. The highest BCUT2D eigenvalue weighted by Gasteiger charge is 2.20. The van der Waals surface area contributed by atoms with Gasteiger partial charge in [-0.2, -0.15) is 0 Å². The molecule has 3 nitrogen and oxygen atoms in total. The van der Waals surface area contributed by atoms with E-state index in [4.69, 9.17) is 4.74 Å². The predicted molar refractivity (Wildman–Crippen MR) is 81.1 cm³/mol. The van der Waals surface area contributed by atoms with Crippen LogP contribution >= 0.6 is 15.9 Å². The van der Waals surface area contributed by atoms with Crippen molar-refractivity contribution in [1.29, 1.82) is 0 Å². The van der Waals surface area contributed by atoms with E-state index in [9.17, 15) is 9.90 Å². The molecule has 104 valence electrons. The highest BCUT2D eigenvalue weighted by atomic mass is 79.9. The SMILES string of the molecule is Cc1cccc(OC(Cc2ccc(Br)cc2)C(=O)O)c1. The summed E-state index contributed by atoms with van der Waals surface area (Å²) in [7, 11) is 0. The lowest BCUT2D eigenvalue weighted by Gasteiger charge is -2.15. The maximum atomic E-state index is 11.3. The lowest BCUT2D eigenvalue weighted by molar-refractivity contribution is -0.145. The number of aliphatic carboxylic acids is 1. The van der Waals surface area contributed by atoms with Gasteiger partial charge in [0.25, 0.3) is 0 Å². The fraction of sp³-hybridized carbons (Fsp3) is 0.188. The summed E-state index contributed by atoms with van der Waals surface area (Å²) in [5.74, 6) is -0.385. The second-order valence-corrected chi connectivity index (χ2v) is 5.51. The van der Waals surface area contributed by atoms with E-state index in [1.165, 1.54) is 0 Å². The summed E-state index contributed by atoms with van der Waals surface area (Å²) >= 11 is 3.35. The van der Waals surface area contributed by atoms with Crippen LogP contribution < -0.4 is 4.74 Å². The van der Waals surface area contributed by atoms with E-state index in [0.29, 0.717) is 12.2 Å². The van der Waals surface area contributed by atoms with Gasteiger partial charge in [-0.25, -0.2) is 4.79 Å². The molecule has 0 radical (unpaired) electrons. The number of rotatable bonds is 5. The number of hydrogen-bond acceptors (Lipinski definition) is 2. The van der Waals surface area contributed by atoms with E-state index in [1.807, 2.05) is 49.4 Å². The molecule has 2 rings (SSSR count). The smallest absolute Gasteiger partial charge is 0.345 e. The van der Waals surface area contributed by atoms with Gasteiger partial charge in [0.15, 0.2) is 6.10 Å². The molecule has 0 spiro atoms. The van der Waals surface area contributed by atoms with Crippen molar-refractivity contribution in [2.75, 3.05) is 0 Å². The van der Waals surface area contributed by atoms with Crippen molar-refractivity contribution in [2.45, 2.75) is 19.4 Å². The minimum atomic E-state index is -0.963. The molecular weight excluding hydrogens is 320 g/mol. The van der Waals surface area contributed by atoms with Crippen LogP contribution in [0.2, 0.25) is 0 Å². The number of carbonyl (C=O) groups is 1. The molecule has 2 aromatic rings. The second kappa shape index (κ2) is 6.57. The predicted octanol–water partition coefficient (Wildman–Crippen LogP) is 3.83. The number of carboxylic acid groups (broad SMARTS) is 1. The molecule has 1 atom stereocenters. The summed E-state index contributed by atoms with van der Waals surface area (Å²) in [6.45, 7) is 1.94. The molecule has 1 unspecified atom stereocenters. The van der Waals surface area contributed by atoms with Crippen LogP contribution in [0.5, 0.6) is 5.75 Å². The first kappa shape index (κ1) is 14.6. The van der Waals surface area contributed by atoms with E-state index in [-0.39, 0.29) is 0 Å². The molecule has 0 aliphatic rings. The number of halogens is 1. The van der Waals surface area contributed by atoms with Gasteiger partial charge >= 0.3 is 5.97 Å². The van der Waals surface area contributed by atoms with Crippen molar-refractivity contribution < 1.29 is 14.6 Å². The normalized spacial score (nSPS) is 11.9. The zero-order valence-corrected chi connectivity index (χ0v) is 12.6. The summed E-state index contributed by atoms with van der Waals surface area (Å²) in [6, 6.07) is 14.9. The molecule has 0 fully saturated rings. The van der Waals surface area contributed by atoms with Crippen LogP contribution in [0.25, 0.3) is 0 Å². The topological polar surface area (TPSA) is 46.5 Å². The Hall–Kier alpha value is -1.81. The molecular formula is C16H15BrO3. The Labute approximate surface area is 126 Å². The third-order valence-corrected chi connectivity index (χ3v) is 3.41. The Balaban J connectivity index is 2.11. The van der Waals surface area contributed by atoms with E-state index >= 15 is 0 Å². The summed E-state index contributed by atoms with van der Waals surface area (Å²) in [4.78, 5) is 11.3. The quantitative estimate of drug-likeness (QED) is 0.903. The third kappa shape index (κ3) is 4.10. The summed E-state index contributed by atoms with van der Waals surface area (Å²) in [5, 5.41) is 9.29. The number of benzene rings is 2. The van der Waals surface area contributed by atoms with Gasteiger partial charge in [-0.05, 0) is 42.3 Å². The van der Waals surface area contributed by atoms with Gasteiger partial charge in [0.2, 0.25) is 0 Å². The molecule has 0 saturated heterocycles. The maximum Gasteiger partial charge on any atom is 0.345 e. The highest BCUT2D eigenvalue weighted by Crippen LogP contribution is 2.17. The van der Waals surface area contributed by atoms with Crippen molar-refractivity contribution in [3.05, 3.63) is 64.1 Å². The van der Waals surface area contributed by atoms with E-state index in [2.05, 4.69) is 15.9 Å². The van der Waals surface area contributed by atoms with Gasteiger partial charge in [-0.15, -0.1) is 0 Å². The molecule has 1 N–H and O–H groups in total. The average molecular weight is 335 g/mol. The minimum absolute atomic E-state index is 0.330. The van der Waals surface area contributed by atoms with Crippen LogP contribution in [-0.4, -0.2) is 17.2 Å². The number of hydrogen-bond donors (Lipinski definition) is 1. The third-order valence-electron chi connectivity index (χ3n) is 2.88. The first-order valence-electron chi connectivity index (χ1n) is 6.25. The van der Waals surface area contributed by atoms with Gasteiger partial charge in [0.05, 0.1) is 0 Å². The Kier molecular flexibility index (Phi) is 4.79. The van der Waals surface area contributed by atoms with Gasteiger partial charge in [0.1, 0.15) is 5.75 Å². The standard InChI is InChI=1S/C16H15BrO3/c1-11-3-2-4-14(9-11)20-15(16(18)19)10-12-5-7-13(17)8-6-12/h2-9,15H,10H2,1H3,(H,18,19). The number of ether oxygens (including phenoxy) is 1. The molecule has 0 heterocycles. The van der Waals surface area contributed by atoms with Crippen LogP contribution in [0, 0.1) is 6.92 Å². The van der Waals surface area contributed by atoms with E-state index in [1.54, 1.807) is 6.07 Å². The zero-order chi connectivity index (χ0) is 14.5. The van der Waals surface area contributed by atoms with E-state index in [0.717, 1.165) is 15.6 Å². The summed E-state index contributed by atoms with van der Waals surface area (Å²) in [5.41, 5.74) is 1.96. The molecule has 0 aliphatic heterocycles. The number of carboxylic acids is 1. The second-order valence-electron chi connectivity index (χ2n) is 4.59. The summed E-state index contributed by atoms with van der Waals surface area (Å²) < 4.78 is 6.55. The minimum Gasteiger partial charge on any atom is -0.478 e. The first-order valence-corrected chi connectivity index (χ1v) is 7.04. The number of aryl methyl sites for hydroxylation is 1. The first-order chi connectivity index (χ1) is 9.54. The molecule has 0 amide bonds. The molecule has 0 aliphatic carbocycles. The molecule has 0 bridgehead atoms. The lowest BCUT2D eigenvalue weighted by atomic mass is 10.1. The van der Waals surface area contributed by atoms with Crippen LogP contribution in [0.3, 0.4) is 0 Å². The van der Waals surface area contributed by atoms with Crippen LogP contribution in [0.15, 0.2) is 53.0 Å². The Bertz CT molecular complexity index is 593. The van der Waals surface area contributed by atoms with Crippen LogP contribution in [0.1, 0.15) is 11.1 Å². The Morgan fingerprint density at radius 1 is 1.25 bits per heavy atom. The average Bonchev–Trinajstić information content (AvgIpc) is 2.40. The Morgan fingerprint density at radius 2 is 1.95 bits per heavy atom. The van der Waals surface area contributed by atoms with Crippen molar-refractivity contribution in [3.8, 4) is 5.75 Å². The molecule has 0 aromatic heterocycles. The molecule has 4 heteroatoms. The van der Waals surface area contributed by atoms with Crippen molar-refractivity contribution >= 4 is 21.9 Å².